The third-order valence-corrected chi connectivity index (χ3v) is 5.03. The van der Waals surface area contributed by atoms with Gasteiger partial charge in [-0.25, -0.2) is 0 Å². The number of aryl methyl sites for hydroxylation is 1. The molecular formula is C24H21N3O2. The Morgan fingerprint density at radius 1 is 0.897 bits per heavy atom. The molecule has 0 unspecified atom stereocenters. The summed E-state index contributed by atoms with van der Waals surface area (Å²) in [5.41, 5.74) is 4.29. The molecule has 0 bridgehead atoms. The van der Waals surface area contributed by atoms with Gasteiger partial charge in [-0.3, -0.25) is 19.5 Å². The minimum Gasteiger partial charge on any atom is -0.339 e. The van der Waals surface area contributed by atoms with Crippen molar-refractivity contribution in [3.05, 3.63) is 102 Å². The Morgan fingerprint density at radius 2 is 1.62 bits per heavy atom. The van der Waals surface area contributed by atoms with E-state index in [9.17, 15) is 9.59 Å². The first-order valence-corrected chi connectivity index (χ1v) is 9.41. The number of nitrogens with zero attached hydrogens (tertiary/aromatic N) is 3. The van der Waals surface area contributed by atoms with Crippen molar-refractivity contribution in [3.63, 3.8) is 0 Å². The van der Waals surface area contributed by atoms with Gasteiger partial charge in [0.05, 0.1) is 12.1 Å². The number of likely N-dealkylation sites (N-methyl/N-ethyl adjacent to an activating group) is 1. The Bertz CT molecular complexity index is 1070. The summed E-state index contributed by atoms with van der Waals surface area (Å²) < 4.78 is 0. The number of carbonyl (C=O) groups excluding carboxylic acids is 2. The molecule has 0 saturated carbocycles. The van der Waals surface area contributed by atoms with Crippen molar-refractivity contribution >= 4 is 23.1 Å². The van der Waals surface area contributed by atoms with Gasteiger partial charge in [0.25, 0.3) is 11.8 Å². The van der Waals surface area contributed by atoms with E-state index in [-0.39, 0.29) is 18.4 Å². The normalized spacial score (nSPS) is 13.9. The van der Waals surface area contributed by atoms with Crippen molar-refractivity contribution in [1.29, 1.82) is 0 Å². The highest BCUT2D eigenvalue weighted by atomic mass is 16.2. The molecule has 0 N–H and O–H groups in total. The number of hydrogen-bond acceptors (Lipinski definition) is 4. The summed E-state index contributed by atoms with van der Waals surface area (Å²) in [5.74, 6) is -0.596. The number of anilines is 1. The lowest BCUT2D eigenvalue weighted by molar-refractivity contribution is -0.137. The number of para-hydroxylation sites is 1. The predicted octanol–water partition coefficient (Wildman–Crippen LogP) is 3.81. The molecule has 3 aromatic rings. The van der Waals surface area contributed by atoms with Gasteiger partial charge in [-0.05, 0) is 36.2 Å². The minimum absolute atomic E-state index is 0.187. The van der Waals surface area contributed by atoms with Gasteiger partial charge >= 0.3 is 0 Å². The fourth-order valence-electron chi connectivity index (χ4n) is 3.45. The number of pyridine rings is 1. The standard InChI is InChI=1S/C24H21N3O2/c1-17-10-12-19(13-11-17)21-22(26(2)20-8-4-3-5-9-20)24(29)27(23(21)28)16-18-7-6-14-25-15-18/h3-15H,16H2,1-2H3. The molecule has 0 atom stereocenters. The molecule has 1 aliphatic rings. The number of imide groups is 1. The molecule has 0 radical (unpaired) electrons. The van der Waals surface area contributed by atoms with Crippen LogP contribution in [-0.4, -0.2) is 28.7 Å². The van der Waals surface area contributed by atoms with Crippen LogP contribution in [0.25, 0.3) is 5.57 Å². The molecule has 29 heavy (non-hydrogen) atoms. The second-order valence-electron chi connectivity index (χ2n) is 7.04. The predicted molar refractivity (Wildman–Crippen MR) is 113 cm³/mol. The lowest BCUT2D eigenvalue weighted by Gasteiger charge is -2.21. The van der Waals surface area contributed by atoms with Gasteiger partial charge in [0.2, 0.25) is 0 Å². The van der Waals surface area contributed by atoms with Crippen LogP contribution in [0.1, 0.15) is 16.7 Å². The number of aromatic nitrogens is 1. The highest BCUT2D eigenvalue weighted by molar-refractivity contribution is 6.36. The maximum absolute atomic E-state index is 13.4. The van der Waals surface area contributed by atoms with Crippen LogP contribution in [0.5, 0.6) is 0 Å². The summed E-state index contributed by atoms with van der Waals surface area (Å²) in [4.78, 5) is 33.9. The SMILES string of the molecule is Cc1ccc(C2=C(N(C)c3ccccc3)C(=O)N(Cc3cccnc3)C2=O)cc1. The van der Waals surface area contributed by atoms with E-state index in [0.717, 1.165) is 22.4 Å². The van der Waals surface area contributed by atoms with Crippen LogP contribution in [0, 0.1) is 6.92 Å². The summed E-state index contributed by atoms with van der Waals surface area (Å²) in [7, 11) is 1.82. The van der Waals surface area contributed by atoms with Gasteiger partial charge < -0.3 is 4.90 Å². The summed E-state index contributed by atoms with van der Waals surface area (Å²) in [6, 6.07) is 20.9. The first-order valence-electron chi connectivity index (χ1n) is 9.41. The first kappa shape index (κ1) is 18.6. The quantitative estimate of drug-likeness (QED) is 0.629. The number of benzene rings is 2. The third kappa shape index (κ3) is 3.55. The molecule has 5 nitrogen and oxygen atoms in total. The smallest absolute Gasteiger partial charge is 0.278 e. The van der Waals surface area contributed by atoms with Gasteiger partial charge in [0, 0.05) is 25.1 Å². The van der Waals surface area contributed by atoms with Crippen molar-refractivity contribution in [2.75, 3.05) is 11.9 Å². The van der Waals surface area contributed by atoms with Crippen LogP contribution in [0.3, 0.4) is 0 Å². The summed E-state index contributed by atoms with van der Waals surface area (Å²) >= 11 is 0. The minimum atomic E-state index is -0.305. The molecule has 0 aliphatic carbocycles. The maximum atomic E-state index is 13.4. The Morgan fingerprint density at radius 3 is 2.28 bits per heavy atom. The molecule has 2 amide bonds. The number of hydrogen-bond donors (Lipinski definition) is 0. The summed E-state index contributed by atoms with van der Waals surface area (Å²) in [5, 5.41) is 0. The van der Waals surface area contributed by atoms with Crippen LogP contribution in [-0.2, 0) is 16.1 Å². The molecule has 1 aromatic heterocycles. The molecule has 0 fully saturated rings. The molecule has 2 heterocycles. The largest absolute Gasteiger partial charge is 0.339 e. The van der Waals surface area contributed by atoms with Gasteiger partial charge in [-0.15, -0.1) is 0 Å². The zero-order chi connectivity index (χ0) is 20.4. The van der Waals surface area contributed by atoms with Gasteiger partial charge in [0.15, 0.2) is 0 Å². The van der Waals surface area contributed by atoms with E-state index in [2.05, 4.69) is 4.98 Å². The lowest BCUT2D eigenvalue weighted by Crippen LogP contribution is -2.33. The van der Waals surface area contributed by atoms with E-state index in [1.807, 2.05) is 74.6 Å². The molecule has 1 aliphatic heterocycles. The molecule has 2 aromatic carbocycles. The van der Waals surface area contributed by atoms with E-state index in [1.54, 1.807) is 23.4 Å². The molecule has 5 heteroatoms. The number of amides is 2. The van der Waals surface area contributed by atoms with Crippen molar-refractivity contribution in [1.82, 2.24) is 9.88 Å². The monoisotopic (exact) mass is 383 g/mol. The Balaban J connectivity index is 1.79. The average molecular weight is 383 g/mol. The van der Waals surface area contributed by atoms with Crippen LogP contribution >= 0.6 is 0 Å². The summed E-state index contributed by atoms with van der Waals surface area (Å²) in [6.45, 7) is 2.18. The molecule has 144 valence electrons. The zero-order valence-electron chi connectivity index (χ0n) is 16.4. The molecule has 0 saturated heterocycles. The van der Waals surface area contributed by atoms with Crippen molar-refractivity contribution in [2.45, 2.75) is 13.5 Å². The van der Waals surface area contributed by atoms with E-state index in [4.69, 9.17) is 0 Å². The van der Waals surface area contributed by atoms with Crippen molar-refractivity contribution in [3.8, 4) is 0 Å². The van der Waals surface area contributed by atoms with E-state index >= 15 is 0 Å². The Kier molecular flexibility index (Phi) is 4.96. The number of rotatable bonds is 5. The highest BCUT2D eigenvalue weighted by Gasteiger charge is 2.41. The lowest BCUT2D eigenvalue weighted by atomic mass is 10.0. The van der Waals surface area contributed by atoms with Crippen molar-refractivity contribution in [2.24, 2.45) is 0 Å². The molecule has 0 spiro atoms. The van der Waals surface area contributed by atoms with E-state index < -0.39 is 0 Å². The zero-order valence-corrected chi connectivity index (χ0v) is 16.4. The van der Waals surface area contributed by atoms with Crippen LogP contribution in [0.2, 0.25) is 0 Å². The van der Waals surface area contributed by atoms with Crippen LogP contribution < -0.4 is 4.90 Å². The highest BCUT2D eigenvalue weighted by Crippen LogP contribution is 2.34. The van der Waals surface area contributed by atoms with Crippen LogP contribution in [0.15, 0.2) is 84.8 Å². The van der Waals surface area contributed by atoms with Crippen molar-refractivity contribution < 1.29 is 9.59 Å². The van der Waals surface area contributed by atoms with E-state index in [1.165, 1.54) is 4.90 Å². The maximum Gasteiger partial charge on any atom is 0.278 e. The fourth-order valence-corrected chi connectivity index (χ4v) is 3.45. The van der Waals surface area contributed by atoms with Gasteiger partial charge in [0.1, 0.15) is 5.70 Å². The second kappa shape index (κ2) is 7.72. The first-order chi connectivity index (χ1) is 14.1. The Labute approximate surface area is 169 Å². The van der Waals surface area contributed by atoms with Gasteiger partial charge in [-0.1, -0.05) is 54.1 Å². The van der Waals surface area contributed by atoms with E-state index in [0.29, 0.717) is 11.3 Å². The average Bonchev–Trinajstić information content (AvgIpc) is 3.00. The second-order valence-corrected chi connectivity index (χ2v) is 7.04. The summed E-state index contributed by atoms with van der Waals surface area (Å²) in [6.07, 6.45) is 3.34. The molecular weight excluding hydrogens is 362 g/mol. The van der Waals surface area contributed by atoms with Gasteiger partial charge in [-0.2, -0.15) is 0 Å². The Hall–Kier alpha value is -3.73. The molecule has 4 rings (SSSR count). The third-order valence-electron chi connectivity index (χ3n) is 5.03. The fraction of sp³-hybridized carbons (Fsp3) is 0.125. The topological polar surface area (TPSA) is 53.5 Å². The number of carbonyl (C=O) groups is 2. The van der Waals surface area contributed by atoms with Crippen LogP contribution in [0.4, 0.5) is 5.69 Å².